The molecule has 0 unspecified atom stereocenters. The maximum atomic E-state index is 6.91. The molecule has 5 heteroatoms. The van der Waals surface area contributed by atoms with Crippen molar-refractivity contribution < 1.29 is 4.42 Å². The minimum atomic E-state index is 0.609. The van der Waals surface area contributed by atoms with Crippen molar-refractivity contribution in [1.29, 1.82) is 0 Å². The molecule has 0 saturated carbocycles. The van der Waals surface area contributed by atoms with Crippen LogP contribution in [0, 0.1) is 0 Å². The van der Waals surface area contributed by atoms with Crippen LogP contribution in [0.5, 0.6) is 0 Å². The van der Waals surface area contributed by atoms with Gasteiger partial charge in [-0.1, -0.05) is 158 Å². The van der Waals surface area contributed by atoms with Crippen molar-refractivity contribution in [3.8, 4) is 62.1 Å². The molecule has 0 fully saturated rings. The Balaban J connectivity index is 1.04. The van der Waals surface area contributed by atoms with Crippen LogP contribution < -0.4 is 0 Å². The maximum absolute atomic E-state index is 6.91. The largest absolute Gasteiger partial charge is 0.455 e. The van der Waals surface area contributed by atoms with E-state index in [4.69, 9.17) is 19.4 Å². The summed E-state index contributed by atoms with van der Waals surface area (Å²) in [6.07, 6.45) is 0. The fraction of sp³-hybridized carbons (Fsp3) is 0. The highest BCUT2D eigenvalue weighted by atomic mass is 16.3. The molecule has 0 aliphatic carbocycles. The Morgan fingerprint density at radius 3 is 1.67 bits per heavy atom. The Labute approximate surface area is 345 Å². The molecule has 0 bridgehead atoms. The second kappa shape index (κ2) is 13.8. The van der Waals surface area contributed by atoms with Gasteiger partial charge in [-0.05, 0) is 76.0 Å². The molecule has 280 valence electrons. The molecule has 0 N–H and O–H groups in total. The summed E-state index contributed by atoms with van der Waals surface area (Å²) in [5, 5.41) is 6.90. The Kier molecular flexibility index (Phi) is 7.78. The van der Waals surface area contributed by atoms with E-state index in [1.165, 1.54) is 21.9 Å². The van der Waals surface area contributed by atoms with Gasteiger partial charge in [0, 0.05) is 49.5 Å². The Morgan fingerprint density at radius 1 is 0.350 bits per heavy atom. The van der Waals surface area contributed by atoms with E-state index in [0.29, 0.717) is 17.5 Å². The second-order valence-corrected chi connectivity index (χ2v) is 15.2. The van der Waals surface area contributed by atoms with Crippen LogP contribution in [0.3, 0.4) is 0 Å². The average Bonchev–Trinajstić information content (AvgIpc) is 3.88. The van der Waals surface area contributed by atoms with Crippen LogP contribution in [-0.2, 0) is 0 Å². The van der Waals surface area contributed by atoms with Gasteiger partial charge in [-0.25, -0.2) is 15.0 Å². The fourth-order valence-corrected chi connectivity index (χ4v) is 8.79. The van der Waals surface area contributed by atoms with Gasteiger partial charge >= 0.3 is 0 Å². The van der Waals surface area contributed by atoms with E-state index in [1.54, 1.807) is 0 Å². The minimum Gasteiger partial charge on any atom is -0.455 e. The summed E-state index contributed by atoms with van der Waals surface area (Å²) in [6.45, 7) is 0. The third-order valence-corrected chi connectivity index (χ3v) is 11.6. The molecule has 0 amide bonds. The number of benzene rings is 9. The Bertz CT molecular complexity index is 3530. The summed E-state index contributed by atoms with van der Waals surface area (Å²) in [5.41, 5.74) is 12.3. The van der Waals surface area contributed by atoms with Crippen molar-refractivity contribution in [3.05, 3.63) is 206 Å². The Morgan fingerprint density at radius 2 is 0.933 bits per heavy atom. The predicted molar refractivity (Wildman–Crippen MR) is 246 cm³/mol. The molecular formula is C55H34N4O. The maximum Gasteiger partial charge on any atom is 0.164 e. The average molecular weight is 767 g/mol. The minimum absolute atomic E-state index is 0.609. The van der Waals surface area contributed by atoms with Crippen molar-refractivity contribution in [2.75, 3.05) is 0 Å². The lowest BCUT2D eigenvalue weighted by Gasteiger charge is -2.11. The molecule has 12 rings (SSSR count). The molecule has 3 heterocycles. The van der Waals surface area contributed by atoms with Crippen molar-refractivity contribution in [2.24, 2.45) is 0 Å². The normalized spacial score (nSPS) is 11.7. The first-order chi connectivity index (χ1) is 29.7. The van der Waals surface area contributed by atoms with E-state index in [2.05, 4.69) is 150 Å². The summed E-state index contributed by atoms with van der Waals surface area (Å²) < 4.78 is 9.29. The van der Waals surface area contributed by atoms with E-state index in [-0.39, 0.29) is 0 Å². The lowest BCUT2D eigenvalue weighted by molar-refractivity contribution is 0.670. The number of furan rings is 1. The van der Waals surface area contributed by atoms with Crippen LogP contribution in [-0.4, -0.2) is 19.5 Å². The van der Waals surface area contributed by atoms with Gasteiger partial charge in [0.05, 0.1) is 11.0 Å². The zero-order valence-corrected chi connectivity index (χ0v) is 32.3. The molecule has 60 heavy (non-hydrogen) atoms. The molecule has 9 aromatic carbocycles. The Hall–Kier alpha value is -8.15. The van der Waals surface area contributed by atoms with Gasteiger partial charge < -0.3 is 8.98 Å². The number of hydrogen-bond acceptors (Lipinski definition) is 4. The molecular weight excluding hydrogens is 733 g/mol. The SMILES string of the molecule is c1ccc(-c2ccc3c(c2)c2ccccc2n3-c2ccc3oc4c(-c5cccc(-c6nc(-c7ccccc7)nc(-c7ccccc7)n6)c5)cc5ccccc5c4c3c2)cc1. The lowest BCUT2D eigenvalue weighted by Crippen LogP contribution is -2.00. The molecule has 0 radical (unpaired) electrons. The first-order valence-corrected chi connectivity index (χ1v) is 20.2. The summed E-state index contributed by atoms with van der Waals surface area (Å²) in [6, 6.07) is 72.2. The van der Waals surface area contributed by atoms with E-state index >= 15 is 0 Å². The van der Waals surface area contributed by atoms with Crippen molar-refractivity contribution in [3.63, 3.8) is 0 Å². The standard InChI is InChI=1S/C55H34N4O/c1-4-15-35(16-5-1)38-27-29-49-46(32-38)44-25-12-13-26-48(44)59(49)42-28-30-50-47(34-42)51-43-24-11-10-21-40(43)33-45(52(51)60-50)39-22-14-23-41(31-39)55-57-53(36-17-6-2-7-18-36)56-54(58-55)37-19-8-3-9-20-37/h1-34H. The first kappa shape index (κ1) is 33.9. The lowest BCUT2D eigenvalue weighted by atomic mass is 9.95. The number of hydrogen-bond donors (Lipinski definition) is 0. The van der Waals surface area contributed by atoms with E-state index in [9.17, 15) is 0 Å². The van der Waals surface area contributed by atoms with Gasteiger partial charge in [-0.2, -0.15) is 0 Å². The van der Waals surface area contributed by atoms with Gasteiger partial charge in [0.25, 0.3) is 0 Å². The van der Waals surface area contributed by atoms with E-state index in [1.807, 2.05) is 60.7 Å². The van der Waals surface area contributed by atoms with Gasteiger partial charge in [0.15, 0.2) is 17.5 Å². The predicted octanol–water partition coefficient (Wildman–Crippen LogP) is 14.4. The fourth-order valence-electron chi connectivity index (χ4n) is 8.79. The third kappa shape index (κ3) is 5.59. The van der Waals surface area contributed by atoms with Gasteiger partial charge in [-0.3, -0.25) is 0 Å². The number of nitrogens with zero attached hydrogens (tertiary/aromatic N) is 4. The van der Waals surface area contributed by atoms with Crippen LogP contribution in [0.25, 0.3) is 117 Å². The highest BCUT2D eigenvalue weighted by Crippen LogP contribution is 2.43. The summed E-state index contributed by atoms with van der Waals surface area (Å²) >= 11 is 0. The first-order valence-electron chi connectivity index (χ1n) is 20.2. The molecule has 0 spiro atoms. The number of aromatic nitrogens is 4. The van der Waals surface area contributed by atoms with E-state index in [0.717, 1.165) is 77.2 Å². The topological polar surface area (TPSA) is 56.7 Å². The summed E-state index contributed by atoms with van der Waals surface area (Å²) in [5.74, 6) is 1.87. The third-order valence-electron chi connectivity index (χ3n) is 11.6. The summed E-state index contributed by atoms with van der Waals surface area (Å²) in [7, 11) is 0. The van der Waals surface area contributed by atoms with Crippen molar-refractivity contribution >= 4 is 54.5 Å². The number of rotatable bonds is 6. The highest BCUT2D eigenvalue weighted by Gasteiger charge is 2.20. The van der Waals surface area contributed by atoms with Crippen LogP contribution >= 0.6 is 0 Å². The van der Waals surface area contributed by atoms with Crippen LogP contribution in [0.4, 0.5) is 0 Å². The van der Waals surface area contributed by atoms with Crippen molar-refractivity contribution in [2.45, 2.75) is 0 Å². The van der Waals surface area contributed by atoms with Crippen LogP contribution in [0.2, 0.25) is 0 Å². The molecule has 0 saturated heterocycles. The zero-order valence-electron chi connectivity index (χ0n) is 32.3. The smallest absolute Gasteiger partial charge is 0.164 e. The summed E-state index contributed by atoms with van der Waals surface area (Å²) in [4.78, 5) is 15.0. The van der Waals surface area contributed by atoms with Crippen LogP contribution in [0.15, 0.2) is 211 Å². The molecule has 0 aliphatic heterocycles. The van der Waals surface area contributed by atoms with E-state index < -0.39 is 0 Å². The highest BCUT2D eigenvalue weighted by molar-refractivity contribution is 6.23. The molecule has 12 aromatic rings. The number of para-hydroxylation sites is 1. The number of fused-ring (bicyclic) bond motifs is 8. The quantitative estimate of drug-likeness (QED) is 0.169. The van der Waals surface area contributed by atoms with Gasteiger partial charge in [0.1, 0.15) is 11.2 Å². The second-order valence-electron chi connectivity index (χ2n) is 15.2. The molecule has 0 atom stereocenters. The van der Waals surface area contributed by atoms with Gasteiger partial charge in [-0.15, -0.1) is 0 Å². The van der Waals surface area contributed by atoms with Crippen molar-refractivity contribution in [1.82, 2.24) is 19.5 Å². The monoisotopic (exact) mass is 766 g/mol. The van der Waals surface area contributed by atoms with Gasteiger partial charge in [0.2, 0.25) is 0 Å². The molecule has 0 aliphatic rings. The zero-order chi connectivity index (χ0) is 39.6. The molecule has 5 nitrogen and oxygen atoms in total. The molecule has 3 aromatic heterocycles. The van der Waals surface area contributed by atoms with Crippen LogP contribution in [0.1, 0.15) is 0 Å².